The first-order valence-corrected chi connectivity index (χ1v) is 6.23. The highest BCUT2D eigenvalue weighted by Gasteiger charge is 2.23. The molecule has 0 unspecified atom stereocenters. The monoisotopic (exact) mass is 257 g/mol. The molecule has 0 radical (unpaired) electrons. The predicted octanol–water partition coefficient (Wildman–Crippen LogP) is 2.88. The number of non-ortho nitro benzene ring substituents is 1. The van der Waals surface area contributed by atoms with Gasteiger partial charge in [0.1, 0.15) is 5.75 Å². The number of nitrogens with zero attached hydrogens (tertiary/aromatic N) is 1. The van der Waals surface area contributed by atoms with Crippen LogP contribution in [0.4, 0.5) is 5.69 Å². The van der Waals surface area contributed by atoms with Crippen LogP contribution >= 0.6 is 8.60 Å². The van der Waals surface area contributed by atoms with Gasteiger partial charge in [-0.3, -0.25) is 10.1 Å². The van der Waals surface area contributed by atoms with Gasteiger partial charge in [0.05, 0.1) is 18.1 Å². The second-order valence-corrected chi connectivity index (χ2v) is 4.91. The largest absolute Gasteiger partial charge is 0.427 e. The summed E-state index contributed by atoms with van der Waals surface area (Å²) in [6, 6.07) is 5.84. The highest BCUT2D eigenvalue weighted by atomic mass is 31.2. The lowest BCUT2D eigenvalue weighted by Crippen LogP contribution is -2.17. The fourth-order valence-corrected chi connectivity index (χ4v) is 2.46. The van der Waals surface area contributed by atoms with Crippen LogP contribution in [0.2, 0.25) is 0 Å². The Morgan fingerprint density at radius 1 is 1.35 bits per heavy atom. The first-order chi connectivity index (χ1) is 8.15. The molecule has 1 heterocycles. The molecule has 7 heteroatoms. The number of nitro groups is 1. The maximum absolute atomic E-state index is 10.5. The Labute approximate surface area is 99.6 Å². The molecular formula is C10H12NO5P. The third-order valence-corrected chi connectivity index (χ3v) is 3.24. The lowest BCUT2D eigenvalue weighted by Gasteiger charge is -2.24. The van der Waals surface area contributed by atoms with Gasteiger partial charge in [-0.15, -0.1) is 0 Å². The fourth-order valence-electron chi connectivity index (χ4n) is 1.23. The number of benzene rings is 1. The molecule has 0 N–H and O–H groups in total. The van der Waals surface area contributed by atoms with Crippen LogP contribution in [0.3, 0.4) is 0 Å². The van der Waals surface area contributed by atoms with Crippen LogP contribution in [0.25, 0.3) is 0 Å². The molecule has 17 heavy (non-hydrogen) atoms. The topological polar surface area (TPSA) is 70.8 Å². The summed E-state index contributed by atoms with van der Waals surface area (Å²) >= 11 is 0. The molecule has 0 spiro atoms. The zero-order valence-corrected chi connectivity index (χ0v) is 10.1. The van der Waals surface area contributed by atoms with Crippen molar-refractivity contribution in [2.24, 2.45) is 5.92 Å². The van der Waals surface area contributed by atoms with Crippen LogP contribution in [-0.4, -0.2) is 18.1 Å². The average molecular weight is 257 g/mol. The summed E-state index contributed by atoms with van der Waals surface area (Å²) in [6.07, 6.45) is 0. The van der Waals surface area contributed by atoms with E-state index in [1.807, 2.05) is 6.92 Å². The van der Waals surface area contributed by atoms with Crippen LogP contribution < -0.4 is 4.52 Å². The smallest absolute Gasteiger partial charge is 0.397 e. The Hall–Kier alpha value is -1.23. The first kappa shape index (κ1) is 12.2. The summed E-state index contributed by atoms with van der Waals surface area (Å²) in [4.78, 5) is 10.0. The predicted molar refractivity (Wildman–Crippen MR) is 61.7 cm³/mol. The minimum absolute atomic E-state index is 0.0317. The van der Waals surface area contributed by atoms with E-state index < -0.39 is 13.5 Å². The highest BCUT2D eigenvalue weighted by Crippen LogP contribution is 2.44. The van der Waals surface area contributed by atoms with Crippen molar-refractivity contribution in [2.75, 3.05) is 13.2 Å². The highest BCUT2D eigenvalue weighted by molar-refractivity contribution is 7.42. The average Bonchev–Trinajstić information content (AvgIpc) is 2.33. The minimum Gasteiger partial charge on any atom is -0.427 e. The Morgan fingerprint density at radius 2 is 1.94 bits per heavy atom. The van der Waals surface area contributed by atoms with Crippen LogP contribution in [0.1, 0.15) is 6.92 Å². The molecule has 92 valence electrons. The van der Waals surface area contributed by atoms with Crippen LogP contribution in [0, 0.1) is 16.0 Å². The molecule has 0 aromatic heterocycles. The van der Waals surface area contributed by atoms with E-state index in [1.54, 1.807) is 0 Å². The number of rotatable bonds is 3. The summed E-state index contributed by atoms with van der Waals surface area (Å²) in [7, 11) is -1.37. The summed E-state index contributed by atoms with van der Waals surface area (Å²) in [5.74, 6) is 0.880. The molecule has 1 aliphatic heterocycles. The summed E-state index contributed by atoms with van der Waals surface area (Å²) in [5.41, 5.74) is 0.0317. The van der Waals surface area contributed by atoms with Gasteiger partial charge in [0, 0.05) is 18.1 Å². The van der Waals surface area contributed by atoms with E-state index in [1.165, 1.54) is 24.3 Å². The second kappa shape index (κ2) is 5.40. The molecule has 6 nitrogen and oxygen atoms in total. The van der Waals surface area contributed by atoms with Gasteiger partial charge >= 0.3 is 8.60 Å². The van der Waals surface area contributed by atoms with E-state index in [9.17, 15) is 10.1 Å². The molecule has 1 saturated heterocycles. The van der Waals surface area contributed by atoms with E-state index >= 15 is 0 Å². The van der Waals surface area contributed by atoms with Gasteiger partial charge in [0.15, 0.2) is 0 Å². The normalized spacial score (nSPS) is 24.3. The van der Waals surface area contributed by atoms with Crippen molar-refractivity contribution < 1.29 is 18.5 Å². The lowest BCUT2D eigenvalue weighted by molar-refractivity contribution is -0.384. The van der Waals surface area contributed by atoms with Gasteiger partial charge in [-0.1, -0.05) is 6.92 Å². The van der Waals surface area contributed by atoms with E-state index in [0.717, 1.165) is 0 Å². The molecule has 1 aliphatic rings. The molecule has 1 aromatic rings. The number of hydrogen-bond acceptors (Lipinski definition) is 5. The standard InChI is InChI=1S/C10H12NO5P/c1-8-6-14-17(15-7-8)16-10-4-2-9(3-5-10)11(12)13/h2-5,8H,6-7H2,1H3. The van der Waals surface area contributed by atoms with Gasteiger partial charge in [0.25, 0.3) is 5.69 Å². The maximum Gasteiger partial charge on any atom is 0.397 e. The van der Waals surface area contributed by atoms with E-state index in [0.29, 0.717) is 24.9 Å². The lowest BCUT2D eigenvalue weighted by atomic mass is 10.2. The van der Waals surface area contributed by atoms with Crippen molar-refractivity contribution in [3.63, 3.8) is 0 Å². The Morgan fingerprint density at radius 3 is 2.47 bits per heavy atom. The Kier molecular flexibility index (Phi) is 3.89. The van der Waals surface area contributed by atoms with Crippen molar-refractivity contribution in [3.05, 3.63) is 34.4 Å². The zero-order chi connectivity index (χ0) is 12.3. The van der Waals surface area contributed by atoms with Gasteiger partial charge < -0.3 is 13.6 Å². The van der Waals surface area contributed by atoms with Gasteiger partial charge in [-0.05, 0) is 12.1 Å². The molecule has 2 rings (SSSR count). The van der Waals surface area contributed by atoms with Crippen molar-refractivity contribution in [1.29, 1.82) is 0 Å². The van der Waals surface area contributed by atoms with Gasteiger partial charge in [0.2, 0.25) is 0 Å². The summed E-state index contributed by atoms with van der Waals surface area (Å²) < 4.78 is 16.2. The molecule has 1 fully saturated rings. The van der Waals surface area contributed by atoms with Crippen molar-refractivity contribution in [1.82, 2.24) is 0 Å². The molecule has 1 aromatic carbocycles. The molecule has 0 aliphatic carbocycles. The van der Waals surface area contributed by atoms with E-state index in [2.05, 4.69) is 0 Å². The van der Waals surface area contributed by atoms with Crippen molar-refractivity contribution >= 4 is 14.3 Å². The Bertz CT molecular complexity index is 388. The molecular weight excluding hydrogens is 245 g/mol. The van der Waals surface area contributed by atoms with Crippen LogP contribution in [-0.2, 0) is 9.05 Å². The maximum atomic E-state index is 10.5. The quantitative estimate of drug-likeness (QED) is 0.473. The zero-order valence-electron chi connectivity index (χ0n) is 9.24. The van der Waals surface area contributed by atoms with Crippen molar-refractivity contribution in [3.8, 4) is 5.75 Å². The number of hydrogen-bond donors (Lipinski definition) is 0. The van der Waals surface area contributed by atoms with Gasteiger partial charge in [-0.25, -0.2) is 0 Å². The minimum atomic E-state index is -1.37. The van der Waals surface area contributed by atoms with E-state index in [-0.39, 0.29) is 5.69 Å². The second-order valence-electron chi connectivity index (χ2n) is 3.76. The van der Waals surface area contributed by atoms with Gasteiger partial charge in [-0.2, -0.15) is 0 Å². The molecule has 0 bridgehead atoms. The third kappa shape index (κ3) is 3.36. The summed E-state index contributed by atoms with van der Waals surface area (Å²) in [5, 5.41) is 10.5. The fraction of sp³-hybridized carbons (Fsp3) is 0.400. The van der Waals surface area contributed by atoms with Crippen LogP contribution in [0.15, 0.2) is 24.3 Å². The molecule has 0 saturated carbocycles. The molecule has 0 atom stereocenters. The summed E-state index contributed by atoms with van der Waals surface area (Å²) in [6.45, 7) is 3.25. The number of nitro benzene ring substituents is 1. The third-order valence-electron chi connectivity index (χ3n) is 2.16. The van der Waals surface area contributed by atoms with E-state index in [4.69, 9.17) is 13.6 Å². The van der Waals surface area contributed by atoms with Crippen LogP contribution in [0.5, 0.6) is 5.75 Å². The Balaban J connectivity index is 1.92. The SMILES string of the molecule is CC1COP(Oc2ccc([N+](=O)[O-])cc2)OC1. The molecule has 0 amide bonds. The first-order valence-electron chi connectivity index (χ1n) is 5.13. The van der Waals surface area contributed by atoms with Crippen molar-refractivity contribution in [2.45, 2.75) is 6.92 Å².